The van der Waals surface area contributed by atoms with Gasteiger partial charge in [0.05, 0.1) is 18.1 Å². The smallest absolute Gasteiger partial charge is 0.296 e. The average Bonchev–Trinajstić information content (AvgIpc) is 2.73. The molecule has 2 aromatic rings. The Balaban J connectivity index is 1.98. The van der Waals surface area contributed by atoms with Gasteiger partial charge in [-0.1, -0.05) is 0 Å². The van der Waals surface area contributed by atoms with Crippen LogP contribution in [0.3, 0.4) is 0 Å². The van der Waals surface area contributed by atoms with Crippen LogP contribution in [0, 0.1) is 10.1 Å². The van der Waals surface area contributed by atoms with E-state index in [-0.39, 0.29) is 23.9 Å². The van der Waals surface area contributed by atoms with Crippen molar-refractivity contribution < 1.29 is 24.0 Å². The molecule has 0 radical (unpaired) electrons. The molecule has 0 spiro atoms. The Hall–Kier alpha value is -3.62. The van der Waals surface area contributed by atoms with Crippen LogP contribution in [0.5, 0.6) is 11.5 Å². The summed E-state index contributed by atoms with van der Waals surface area (Å²) in [5.74, 6) is 0.0819. The first-order chi connectivity index (χ1) is 13.9. The molecule has 2 rings (SSSR count). The topological polar surface area (TPSA) is 111 Å². The molecule has 9 heteroatoms. The third-order valence-corrected chi connectivity index (χ3v) is 4.20. The van der Waals surface area contributed by atoms with Gasteiger partial charge in [-0.3, -0.25) is 19.7 Å². The number of nitro groups is 1. The molecule has 9 nitrogen and oxygen atoms in total. The fraction of sp³-hybridized carbons (Fsp3) is 0.300. The van der Waals surface area contributed by atoms with Gasteiger partial charge in [0.15, 0.2) is 6.61 Å². The highest BCUT2D eigenvalue weighted by Crippen LogP contribution is 2.28. The van der Waals surface area contributed by atoms with Gasteiger partial charge in [-0.15, -0.1) is 0 Å². The third-order valence-electron chi connectivity index (χ3n) is 4.20. The largest absolute Gasteiger partial charge is 0.496 e. The predicted molar refractivity (Wildman–Crippen MR) is 107 cm³/mol. The number of rotatable bonds is 9. The minimum Gasteiger partial charge on any atom is -0.496 e. The molecule has 0 aliphatic carbocycles. The number of carbonyl (C=O) groups is 2. The second-order valence-electron chi connectivity index (χ2n) is 5.98. The van der Waals surface area contributed by atoms with Crippen LogP contribution < -0.4 is 14.8 Å². The highest BCUT2D eigenvalue weighted by atomic mass is 16.6. The number of carbonyl (C=O) groups excluding carboxylic acids is 2. The van der Waals surface area contributed by atoms with Crippen molar-refractivity contribution in [2.75, 3.05) is 32.1 Å². The van der Waals surface area contributed by atoms with Gasteiger partial charge in [0.1, 0.15) is 17.2 Å². The number of methoxy groups -OCH3 is 1. The fourth-order valence-electron chi connectivity index (χ4n) is 2.62. The molecule has 0 unspecified atom stereocenters. The van der Waals surface area contributed by atoms with E-state index >= 15 is 0 Å². The van der Waals surface area contributed by atoms with Gasteiger partial charge in [-0.2, -0.15) is 0 Å². The zero-order valence-corrected chi connectivity index (χ0v) is 16.5. The van der Waals surface area contributed by atoms with Crippen LogP contribution in [-0.4, -0.2) is 48.4 Å². The van der Waals surface area contributed by atoms with Gasteiger partial charge in [0.25, 0.3) is 17.5 Å². The molecule has 0 aliphatic heterocycles. The van der Waals surface area contributed by atoms with E-state index in [0.717, 1.165) is 0 Å². The second kappa shape index (κ2) is 10.1. The van der Waals surface area contributed by atoms with Gasteiger partial charge in [0.2, 0.25) is 0 Å². The first-order valence-electron chi connectivity index (χ1n) is 9.04. The third kappa shape index (κ3) is 5.68. The molecule has 0 saturated carbocycles. The molecule has 2 amide bonds. The van der Waals surface area contributed by atoms with E-state index in [1.54, 1.807) is 29.2 Å². The molecular weight excluding hydrogens is 378 g/mol. The summed E-state index contributed by atoms with van der Waals surface area (Å²) in [7, 11) is 1.39. The number of nitro benzene ring substituents is 1. The summed E-state index contributed by atoms with van der Waals surface area (Å²) >= 11 is 0. The number of nitrogens with zero attached hydrogens (tertiary/aromatic N) is 2. The Kier molecular flexibility index (Phi) is 7.53. The minimum absolute atomic E-state index is 0.0459. The fourth-order valence-corrected chi connectivity index (χ4v) is 2.62. The van der Waals surface area contributed by atoms with Crippen molar-refractivity contribution in [3.8, 4) is 11.5 Å². The van der Waals surface area contributed by atoms with Gasteiger partial charge >= 0.3 is 0 Å². The van der Waals surface area contributed by atoms with E-state index in [1.807, 2.05) is 13.8 Å². The van der Waals surface area contributed by atoms with Gasteiger partial charge < -0.3 is 19.7 Å². The maximum atomic E-state index is 12.3. The molecule has 29 heavy (non-hydrogen) atoms. The lowest BCUT2D eigenvalue weighted by Crippen LogP contribution is -2.30. The summed E-state index contributed by atoms with van der Waals surface area (Å²) in [6.07, 6.45) is 0. The van der Waals surface area contributed by atoms with Crippen molar-refractivity contribution >= 4 is 23.2 Å². The van der Waals surface area contributed by atoms with E-state index in [1.165, 1.54) is 25.3 Å². The van der Waals surface area contributed by atoms with Crippen LogP contribution in [0.4, 0.5) is 11.4 Å². The van der Waals surface area contributed by atoms with Gasteiger partial charge in [-0.05, 0) is 50.2 Å². The van der Waals surface area contributed by atoms with Crippen LogP contribution in [0.2, 0.25) is 0 Å². The normalized spacial score (nSPS) is 10.2. The van der Waals surface area contributed by atoms with Crippen LogP contribution >= 0.6 is 0 Å². The zero-order valence-electron chi connectivity index (χ0n) is 16.5. The molecule has 0 aliphatic rings. The molecule has 1 N–H and O–H groups in total. The van der Waals surface area contributed by atoms with Crippen LogP contribution in [-0.2, 0) is 4.79 Å². The van der Waals surface area contributed by atoms with Crippen molar-refractivity contribution in [1.82, 2.24) is 4.90 Å². The number of amides is 2. The standard InChI is InChI=1S/C20H23N3O6/c1-4-22(5-2)20(25)14-6-8-15(9-7-14)29-13-19(24)21-17-11-10-16(28-3)12-18(17)23(26)27/h6-12H,4-5,13H2,1-3H3,(H,21,24). The lowest BCUT2D eigenvalue weighted by atomic mass is 10.2. The lowest BCUT2D eigenvalue weighted by molar-refractivity contribution is -0.384. The number of nitrogens with one attached hydrogen (secondary N) is 1. The van der Waals surface area contributed by atoms with Crippen LogP contribution in [0.1, 0.15) is 24.2 Å². The van der Waals surface area contributed by atoms with Crippen LogP contribution in [0.15, 0.2) is 42.5 Å². The number of anilines is 1. The molecule has 0 atom stereocenters. The van der Waals surface area contributed by atoms with Gasteiger partial charge in [0, 0.05) is 18.7 Å². The molecule has 0 fully saturated rings. The Labute approximate surface area is 168 Å². The Morgan fingerprint density at radius 2 is 1.69 bits per heavy atom. The van der Waals surface area contributed by atoms with E-state index in [9.17, 15) is 19.7 Å². The maximum Gasteiger partial charge on any atom is 0.296 e. The SMILES string of the molecule is CCN(CC)C(=O)c1ccc(OCC(=O)Nc2ccc(OC)cc2[N+](=O)[O-])cc1. The monoisotopic (exact) mass is 401 g/mol. The average molecular weight is 401 g/mol. The first-order valence-corrected chi connectivity index (χ1v) is 9.04. The van der Waals surface area contributed by atoms with E-state index < -0.39 is 10.8 Å². The van der Waals surface area contributed by atoms with E-state index in [4.69, 9.17) is 9.47 Å². The summed E-state index contributed by atoms with van der Waals surface area (Å²) in [6, 6.07) is 10.6. The van der Waals surface area contributed by atoms with E-state index in [2.05, 4.69) is 5.32 Å². The van der Waals surface area contributed by atoms with Crippen molar-refractivity contribution in [2.45, 2.75) is 13.8 Å². The molecule has 0 aromatic heterocycles. The second-order valence-corrected chi connectivity index (χ2v) is 5.98. The molecular formula is C20H23N3O6. The molecule has 0 heterocycles. The summed E-state index contributed by atoms with van der Waals surface area (Å²) in [4.78, 5) is 36.6. The van der Waals surface area contributed by atoms with Gasteiger partial charge in [-0.25, -0.2) is 0 Å². The summed E-state index contributed by atoms with van der Waals surface area (Å²) in [5.41, 5.74) is 0.292. The molecule has 0 saturated heterocycles. The lowest BCUT2D eigenvalue weighted by Gasteiger charge is -2.18. The van der Waals surface area contributed by atoms with Crippen molar-refractivity contribution in [1.29, 1.82) is 0 Å². The number of ether oxygens (including phenoxy) is 2. The maximum absolute atomic E-state index is 12.3. The van der Waals surface area contributed by atoms with Crippen molar-refractivity contribution in [3.63, 3.8) is 0 Å². The quantitative estimate of drug-likeness (QED) is 0.510. The Morgan fingerprint density at radius 3 is 2.24 bits per heavy atom. The molecule has 154 valence electrons. The number of hydrogen-bond acceptors (Lipinski definition) is 6. The highest BCUT2D eigenvalue weighted by Gasteiger charge is 2.18. The number of benzene rings is 2. The summed E-state index contributed by atoms with van der Waals surface area (Å²) in [6.45, 7) is 4.71. The molecule has 0 bridgehead atoms. The van der Waals surface area contributed by atoms with Crippen molar-refractivity contribution in [3.05, 3.63) is 58.1 Å². The predicted octanol–water partition coefficient (Wildman–Crippen LogP) is 3.10. The Bertz CT molecular complexity index is 878. The van der Waals surface area contributed by atoms with Crippen molar-refractivity contribution in [2.24, 2.45) is 0 Å². The molecule has 2 aromatic carbocycles. The summed E-state index contributed by atoms with van der Waals surface area (Å²) in [5, 5.41) is 13.6. The Morgan fingerprint density at radius 1 is 1.07 bits per heavy atom. The first kappa shape index (κ1) is 21.7. The zero-order chi connectivity index (χ0) is 21.4. The highest BCUT2D eigenvalue weighted by molar-refractivity contribution is 5.95. The number of hydrogen-bond donors (Lipinski definition) is 1. The van der Waals surface area contributed by atoms with Crippen LogP contribution in [0.25, 0.3) is 0 Å². The van der Waals surface area contributed by atoms with E-state index in [0.29, 0.717) is 30.2 Å². The minimum atomic E-state index is -0.607. The summed E-state index contributed by atoms with van der Waals surface area (Å²) < 4.78 is 10.4.